The van der Waals surface area contributed by atoms with Crippen LogP contribution in [0.2, 0.25) is 0 Å². The Kier molecular flexibility index (Phi) is 5.43. The standard InChI is InChI=1S/C18H27N3O4S/c1-12(11-22)13-5-7-21(8-6-13)18-19-14-9-15(24-2)16(25-3)10-17(14)26(4,23)20-18/h9-10,12-13,22H,5-8,11H2,1-4H3. The smallest absolute Gasteiger partial charge is 0.234 e. The van der Waals surface area contributed by atoms with Crippen molar-refractivity contribution in [2.45, 2.75) is 24.7 Å². The van der Waals surface area contributed by atoms with Crippen LogP contribution in [0.25, 0.3) is 0 Å². The number of aliphatic imine (C=N–C) groups is 1. The molecule has 7 nitrogen and oxygen atoms in total. The van der Waals surface area contributed by atoms with E-state index in [0.717, 1.165) is 25.9 Å². The third-order valence-electron chi connectivity index (χ3n) is 5.26. The number of likely N-dealkylation sites (tertiary alicyclic amines) is 1. The van der Waals surface area contributed by atoms with Gasteiger partial charge in [0.2, 0.25) is 5.96 Å². The van der Waals surface area contributed by atoms with E-state index in [1.165, 1.54) is 0 Å². The maximum absolute atomic E-state index is 13.2. The summed E-state index contributed by atoms with van der Waals surface area (Å²) in [5.41, 5.74) is 0.617. The molecule has 2 aliphatic heterocycles. The highest BCUT2D eigenvalue weighted by Crippen LogP contribution is 2.40. The van der Waals surface area contributed by atoms with Gasteiger partial charge in [0, 0.05) is 38.1 Å². The van der Waals surface area contributed by atoms with E-state index in [-0.39, 0.29) is 6.61 Å². The third kappa shape index (κ3) is 3.53. The molecule has 26 heavy (non-hydrogen) atoms. The van der Waals surface area contributed by atoms with Gasteiger partial charge in [-0.2, -0.15) is 4.36 Å². The molecule has 2 unspecified atom stereocenters. The Morgan fingerprint density at radius 1 is 1.27 bits per heavy atom. The lowest BCUT2D eigenvalue weighted by Gasteiger charge is -2.35. The topological polar surface area (TPSA) is 83.7 Å². The Morgan fingerprint density at radius 2 is 1.88 bits per heavy atom. The maximum atomic E-state index is 13.2. The van der Waals surface area contributed by atoms with E-state index in [0.29, 0.717) is 39.9 Å². The number of guanidine groups is 1. The van der Waals surface area contributed by atoms with E-state index in [1.807, 2.05) is 0 Å². The number of methoxy groups -OCH3 is 2. The van der Waals surface area contributed by atoms with Crippen LogP contribution in [-0.4, -0.2) is 60.3 Å². The number of nitrogens with zero attached hydrogens (tertiary/aromatic N) is 3. The van der Waals surface area contributed by atoms with E-state index in [2.05, 4.69) is 21.2 Å². The molecule has 1 N–H and O–H groups in total. The zero-order valence-electron chi connectivity index (χ0n) is 15.8. The molecule has 0 amide bonds. The molecule has 0 bridgehead atoms. The van der Waals surface area contributed by atoms with Gasteiger partial charge in [-0.05, 0) is 24.7 Å². The van der Waals surface area contributed by atoms with Crippen LogP contribution < -0.4 is 9.47 Å². The minimum absolute atomic E-state index is 0.216. The predicted molar refractivity (Wildman–Crippen MR) is 102 cm³/mol. The summed E-state index contributed by atoms with van der Waals surface area (Å²) in [6.07, 6.45) is 3.58. The third-order valence-corrected chi connectivity index (χ3v) is 6.92. The predicted octanol–water partition coefficient (Wildman–Crippen LogP) is 2.50. The Morgan fingerprint density at radius 3 is 2.46 bits per heavy atom. The minimum atomic E-state index is -2.61. The van der Waals surface area contributed by atoms with Gasteiger partial charge >= 0.3 is 0 Å². The highest BCUT2D eigenvalue weighted by molar-refractivity contribution is 7.93. The maximum Gasteiger partial charge on any atom is 0.234 e. The summed E-state index contributed by atoms with van der Waals surface area (Å²) in [4.78, 5) is 7.31. The highest BCUT2D eigenvalue weighted by atomic mass is 32.2. The number of benzene rings is 1. The molecular formula is C18H27N3O4S. The minimum Gasteiger partial charge on any atom is -0.493 e. The Bertz CT molecular complexity index is 822. The van der Waals surface area contributed by atoms with Crippen LogP contribution >= 0.6 is 0 Å². The summed E-state index contributed by atoms with van der Waals surface area (Å²) >= 11 is 0. The first-order valence-corrected chi connectivity index (χ1v) is 10.7. The number of ether oxygens (including phenoxy) is 2. The second-order valence-corrected chi connectivity index (χ2v) is 9.19. The molecule has 2 atom stereocenters. The van der Waals surface area contributed by atoms with Crippen molar-refractivity contribution in [1.82, 2.24) is 4.90 Å². The first-order chi connectivity index (χ1) is 12.4. The Hall–Kier alpha value is -1.80. The molecule has 1 saturated heterocycles. The van der Waals surface area contributed by atoms with Gasteiger partial charge < -0.3 is 19.5 Å². The van der Waals surface area contributed by atoms with E-state index >= 15 is 0 Å². The van der Waals surface area contributed by atoms with Gasteiger partial charge in [-0.3, -0.25) is 0 Å². The first kappa shape index (κ1) is 19.0. The van der Waals surface area contributed by atoms with Gasteiger partial charge in [0.1, 0.15) is 0 Å². The highest BCUT2D eigenvalue weighted by Gasteiger charge is 2.29. The zero-order chi connectivity index (χ0) is 18.9. The van der Waals surface area contributed by atoms with Crippen LogP contribution in [0.15, 0.2) is 26.4 Å². The molecular weight excluding hydrogens is 354 g/mol. The van der Waals surface area contributed by atoms with Crippen molar-refractivity contribution in [2.75, 3.05) is 40.2 Å². The Balaban J connectivity index is 1.91. The quantitative estimate of drug-likeness (QED) is 0.866. The Labute approximate surface area is 155 Å². The van der Waals surface area contributed by atoms with Crippen LogP contribution in [0.1, 0.15) is 19.8 Å². The van der Waals surface area contributed by atoms with Crippen LogP contribution in [-0.2, 0) is 9.73 Å². The van der Waals surface area contributed by atoms with E-state index < -0.39 is 9.73 Å². The summed E-state index contributed by atoms with van der Waals surface area (Å²) in [7, 11) is 0.512. The number of rotatable bonds is 4. The van der Waals surface area contributed by atoms with Gasteiger partial charge in [0.15, 0.2) is 11.5 Å². The monoisotopic (exact) mass is 381 g/mol. The summed E-state index contributed by atoms with van der Waals surface area (Å²) < 4.78 is 28.3. The number of aliphatic hydroxyl groups is 1. The summed E-state index contributed by atoms with van der Waals surface area (Å²) in [6.45, 7) is 3.90. The zero-order valence-corrected chi connectivity index (χ0v) is 16.6. The van der Waals surface area contributed by atoms with Gasteiger partial charge in [0.25, 0.3) is 0 Å². The molecule has 0 aromatic heterocycles. The lowest BCUT2D eigenvalue weighted by atomic mass is 9.86. The lowest BCUT2D eigenvalue weighted by Crippen LogP contribution is -2.40. The molecule has 0 aliphatic carbocycles. The average molecular weight is 381 g/mol. The summed E-state index contributed by atoms with van der Waals surface area (Å²) in [5.74, 6) is 2.40. The van der Waals surface area contributed by atoms with Crippen molar-refractivity contribution in [3.63, 3.8) is 0 Å². The van der Waals surface area contributed by atoms with Gasteiger partial charge in [-0.25, -0.2) is 9.20 Å². The van der Waals surface area contributed by atoms with E-state index in [1.54, 1.807) is 32.6 Å². The number of fused-ring (bicyclic) bond motifs is 1. The first-order valence-electron chi connectivity index (χ1n) is 8.82. The fourth-order valence-electron chi connectivity index (χ4n) is 3.52. The van der Waals surface area contributed by atoms with Crippen LogP contribution in [0.4, 0.5) is 5.69 Å². The van der Waals surface area contributed by atoms with Crippen molar-refractivity contribution in [2.24, 2.45) is 21.2 Å². The van der Waals surface area contributed by atoms with E-state index in [4.69, 9.17) is 9.47 Å². The van der Waals surface area contributed by atoms with Crippen LogP contribution in [0, 0.1) is 11.8 Å². The van der Waals surface area contributed by atoms with Crippen molar-refractivity contribution in [3.05, 3.63) is 12.1 Å². The largest absolute Gasteiger partial charge is 0.493 e. The molecule has 0 saturated carbocycles. The fourth-order valence-corrected chi connectivity index (χ4v) is 4.90. The summed E-state index contributed by atoms with van der Waals surface area (Å²) in [6, 6.07) is 3.46. The molecule has 2 heterocycles. The molecule has 1 aromatic rings. The van der Waals surface area contributed by atoms with E-state index in [9.17, 15) is 9.32 Å². The number of aliphatic hydroxyl groups excluding tert-OH is 1. The number of piperidine rings is 1. The molecule has 144 valence electrons. The normalized spacial score (nSPS) is 24.3. The molecule has 1 fully saturated rings. The van der Waals surface area contributed by atoms with Gasteiger partial charge in [-0.15, -0.1) is 0 Å². The van der Waals surface area contributed by atoms with Crippen LogP contribution in [0.3, 0.4) is 0 Å². The molecule has 1 aromatic carbocycles. The van der Waals surface area contributed by atoms with Crippen molar-refractivity contribution < 1.29 is 18.8 Å². The molecule has 8 heteroatoms. The number of hydrogen-bond acceptors (Lipinski definition) is 7. The van der Waals surface area contributed by atoms with Gasteiger partial charge in [0.05, 0.1) is 34.5 Å². The van der Waals surface area contributed by atoms with Gasteiger partial charge in [-0.1, -0.05) is 6.92 Å². The molecule has 3 rings (SSSR count). The van der Waals surface area contributed by atoms with Crippen molar-refractivity contribution in [1.29, 1.82) is 0 Å². The van der Waals surface area contributed by atoms with Crippen molar-refractivity contribution >= 4 is 21.4 Å². The van der Waals surface area contributed by atoms with Crippen molar-refractivity contribution in [3.8, 4) is 11.5 Å². The second kappa shape index (κ2) is 7.44. The molecule has 0 spiro atoms. The molecule has 0 radical (unpaired) electrons. The summed E-state index contributed by atoms with van der Waals surface area (Å²) in [5, 5.41) is 9.36. The average Bonchev–Trinajstić information content (AvgIpc) is 2.65. The second-order valence-electron chi connectivity index (χ2n) is 6.96. The fraction of sp³-hybridized carbons (Fsp3) is 0.611. The SMILES string of the molecule is COc1cc2c(cc1OC)S(C)(=O)=NC(N1CCC(C(C)CO)CC1)=N2. The lowest BCUT2D eigenvalue weighted by molar-refractivity contribution is 0.143. The molecule has 2 aliphatic rings. The number of hydrogen-bond donors (Lipinski definition) is 1. The van der Waals surface area contributed by atoms with Crippen LogP contribution in [0.5, 0.6) is 11.5 Å².